The second kappa shape index (κ2) is 13.0. The van der Waals surface area contributed by atoms with E-state index in [4.69, 9.17) is 14.2 Å². The first kappa shape index (κ1) is 25.6. The van der Waals surface area contributed by atoms with Gasteiger partial charge in [-0.1, -0.05) is 44.4 Å². The fourth-order valence-electron chi connectivity index (χ4n) is 4.39. The Morgan fingerprint density at radius 2 is 1.65 bits per heavy atom. The Hall–Kier alpha value is -3.02. The first-order valence-electron chi connectivity index (χ1n) is 12.3. The lowest BCUT2D eigenvalue weighted by atomic mass is 10.0. The van der Waals surface area contributed by atoms with Crippen molar-refractivity contribution >= 4 is 11.9 Å². The molecule has 1 heterocycles. The Kier molecular flexibility index (Phi) is 9.80. The molecule has 184 valence electrons. The van der Waals surface area contributed by atoms with Gasteiger partial charge in [0.15, 0.2) is 11.5 Å². The van der Waals surface area contributed by atoms with Crippen molar-refractivity contribution in [3.63, 3.8) is 0 Å². The highest BCUT2D eigenvalue weighted by Crippen LogP contribution is 2.28. The van der Waals surface area contributed by atoms with E-state index >= 15 is 0 Å². The summed E-state index contributed by atoms with van der Waals surface area (Å²) in [7, 11) is 3.19. The van der Waals surface area contributed by atoms with Gasteiger partial charge in [0.25, 0.3) is 5.91 Å². The lowest BCUT2D eigenvalue weighted by molar-refractivity contribution is -0.148. The molecule has 1 amide bonds. The van der Waals surface area contributed by atoms with Crippen molar-refractivity contribution in [2.45, 2.75) is 64.3 Å². The van der Waals surface area contributed by atoms with Gasteiger partial charge < -0.3 is 19.1 Å². The van der Waals surface area contributed by atoms with Crippen LogP contribution >= 0.6 is 0 Å². The van der Waals surface area contributed by atoms with E-state index in [1.165, 1.54) is 31.2 Å². The van der Waals surface area contributed by atoms with Crippen LogP contribution in [0.25, 0.3) is 0 Å². The molecule has 0 bridgehead atoms. The smallest absolute Gasteiger partial charge is 0.328 e. The molecule has 0 saturated carbocycles. The van der Waals surface area contributed by atoms with E-state index in [1.54, 1.807) is 19.1 Å². The van der Waals surface area contributed by atoms with Gasteiger partial charge in [-0.3, -0.25) is 4.79 Å². The summed E-state index contributed by atoms with van der Waals surface area (Å²) in [6, 6.07) is 13.0. The Bertz CT molecular complexity index is 940. The second-order valence-electron chi connectivity index (χ2n) is 8.77. The van der Waals surface area contributed by atoms with Gasteiger partial charge in [-0.25, -0.2) is 4.79 Å². The fourth-order valence-corrected chi connectivity index (χ4v) is 4.39. The van der Waals surface area contributed by atoms with Crippen LogP contribution in [0.5, 0.6) is 11.5 Å². The number of carbonyl (C=O) groups is 2. The number of aryl methyl sites for hydroxylation is 1. The highest BCUT2D eigenvalue weighted by molar-refractivity contribution is 5.97. The van der Waals surface area contributed by atoms with E-state index in [9.17, 15) is 9.59 Å². The summed E-state index contributed by atoms with van der Waals surface area (Å²) in [6.45, 7) is 3.03. The maximum atomic E-state index is 13.1. The van der Waals surface area contributed by atoms with Gasteiger partial charge in [-0.05, 0) is 61.1 Å². The number of likely N-dealkylation sites (tertiary alicyclic amines) is 1. The SMILES string of the molecule is CCCCCCc1ccc(C(=O)N2CCC[C@H]2C(=O)OCCc2ccc(OC)c(OC)c2)cc1. The molecule has 1 atom stereocenters. The number of carbonyl (C=O) groups excluding carboxylic acids is 2. The molecule has 1 aliphatic rings. The monoisotopic (exact) mass is 467 g/mol. The molecule has 0 aromatic heterocycles. The van der Waals surface area contributed by atoms with Gasteiger partial charge in [0, 0.05) is 18.5 Å². The predicted octanol–water partition coefficient (Wildman–Crippen LogP) is 5.22. The average Bonchev–Trinajstić information content (AvgIpc) is 3.36. The van der Waals surface area contributed by atoms with Crippen LogP contribution in [0, 0.1) is 0 Å². The van der Waals surface area contributed by atoms with Crippen LogP contribution in [0.3, 0.4) is 0 Å². The Morgan fingerprint density at radius 3 is 2.35 bits per heavy atom. The van der Waals surface area contributed by atoms with Gasteiger partial charge in [-0.2, -0.15) is 0 Å². The van der Waals surface area contributed by atoms with Crippen molar-refractivity contribution < 1.29 is 23.8 Å². The topological polar surface area (TPSA) is 65.1 Å². The van der Waals surface area contributed by atoms with Crippen molar-refractivity contribution in [3.05, 3.63) is 59.2 Å². The molecule has 2 aromatic rings. The first-order chi connectivity index (χ1) is 16.6. The molecule has 0 radical (unpaired) electrons. The van der Waals surface area contributed by atoms with Crippen molar-refractivity contribution in [1.29, 1.82) is 0 Å². The third kappa shape index (κ3) is 6.75. The van der Waals surface area contributed by atoms with Crippen LogP contribution in [0.4, 0.5) is 0 Å². The van der Waals surface area contributed by atoms with E-state index in [2.05, 4.69) is 6.92 Å². The maximum absolute atomic E-state index is 13.1. The Morgan fingerprint density at radius 1 is 0.912 bits per heavy atom. The van der Waals surface area contributed by atoms with Crippen molar-refractivity contribution in [2.24, 2.45) is 0 Å². The minimum atomic E-state index is -0.522. The number of rotatable bonds is 12. The third-order valence-corrected chi connectivity index (χ3v) is 6.39. The van der Waals surface area contributed by atoms with Crippen LogP contribution in [-0.4, -0.2) is 50.2 Å². The second-order valence-corrected chi connectivity index (χ2v) is 8.77. The first-order valence-corrected chi connectivity index (χ1v) is 12.3. The normalized spacial score (nSPS) is 15.3. The number of nitrogens with zero attached hydrogens (tertiary/aromatic N) is 1. The lowest BCUT2D eigenvalue weighted by Gasteiger charge is -2.23. The molecular formula is C28H37NO5. The van der Waals surface area contributed by atoms with Crippen LogP contribution in [0.2, 0.25) is 0 Å². The van der Waals surface area contributed by atoms with Crippen molar-refractivity contribution in [2.75, 3.05) is 27.4 Å². The average molecular weight is 468 g/mol. The quantitative estimate of drug-likeness (QED) is 0.316. The number of methoxy groups -OCH3 is 2. The minimum Gasteiger partial charge on any atom is -0.493 e. The van der Waals surface area contributed by atoms with Gasteiger partial charge in [-0.15, -0.1) is 0 Å². The largest absolute Gasteiger partial charge is 0.493 e. The summed E-state index contributed by atoms with van der Waals surface area (Å²) in [5.74, 6) is 0.870. The zero-order valence-corrected chi connectivity index (χ0v) is 20.7. The molecule has 0 unspecified atom stereocenters. The van der Waals surface area contributed by atoms with E-state index < -0.39 is 6.04 Å². The number of esters is 1. The highest BCUT2D eigenvalue weighted by atomic mass is 16.5. The standard InChI is InChI=1S/C28H37NO5/c1-4-5-6-7-9-21-11-14-23(15-12-21)27(30)29-18-8-10-24(29)28(31)34-19-17-22-13-16-25(32-2)26(20-22)33-3/h11-16,20,24H,4-10,17-19H2,1-3H3/t24-/m0/s1. The van der Waals surface area contributed by atoms with Gasteiger partial charge in [0.05, 0.1) is 20.8 Å². The summed E-state index contributed by atoms with van der Waals surface area (Å²) in [5.41, 5.74) is 2.86. The molecule has 1 fully saturated rings. The molecule has 0 N–H and O–H groups in total. The highest BCUT2D eigenvalue weighted by Gasteiger charge is 2.35. The fraction of sp³-hybridized carbons (Fsp3) is 0.500. The summed E-state index contributed by atoms with van der Waals surface area (Å²) in [6.07, 6.45) is 7.93. The zero-order valence-electron chi connectivity index (χ0n) is 20.7. The number of ether oxygens (including phenoxy) is 3. The summed E-state index contributed by atoms with van der Waals surface area (Å²) in [4.78, 5) is 27.5. The lowest BCUT2D eigenvalue weighted by Crippen LogP contribution is -2.41. The Balaban J connectivity index is 1.52. The molecule has 1 aliphatic heterocycles. The molecule has 1 saturated heterocycles. The van der Waals surface area contributed by atoms with Gasteiger partial charge >= 0.3 is 5.97 Å². The molecule has 3 rings (SSSR count). The number of hydrogen-bond donors (Lipinski definition) is 0. The van der Waals surface area contributed by atoms with Crippen LogP contribution < -0.4 is 9.47 Å². The predicted molar refractivity (Wildman–Crippen MR) is 133 cm³/mol. The summed E-state index contributed by atoms with van der Waals surface area (Å²) in [5, 5.41) is 0. The zero-order chi connectivity index (χ0) is 24.3. The maximum Gasteiger partial charge on any atom is 0.328 e. The number of hydrogen-bond acceptors (Lipinski definition) is 5. The molecule has 0 spiro atoms. The molecule has 6 heteroatoms. The molecule has 34 heavy (non-hydrogen) atoms. The number of benzene rings is 2. The van der Waals surface area contributed by atoms with E-state index in [1.807, 2.05) is 42.5 Å². The molecular weight excluding hydrogens is 430 g/mol. The summed E-state index contributed by atoms with van der Waals surface area (Å²) >= 11 is 0. The molecule has 2 aromatic carbocycles. The van der Waals surface area contributed by atoms with E-state index in [0.717, 1.165) is 18.4 Å². The van der Waals surface area contributed by atoms with Crippen LogP contribution in [0.1, 0.15) is 66.9 Å². The number of unbranched alkanes of at least 4 members (excludes halogenated alkanes) is 3. The van der Waals surface area contributed by atoms with E-state index in [0.29, 0.717) is 36.4 Å². The summed E-state index contributed by atoms with van der Waals surface area (Å²) < 4.78 is 16.1. The third-order valence-electron chi connectivity index (χ3n) is 6.39. The minimum absolute atomic E-state index is 0.100. The van der Waals surface area contributed by atoms with E-state index in [-0.39, 0.29) is 18.5 Å². The van der Waals surface area contributed by atoms with Crippen molar-refractivity contribution in [3.8, 4) is 11.5 Å². The van der Waals surface area contributed by atoms with Gasteiger partial charge in [0.2, 0.25) is 0 Å². The molecule has 0 aliphatic carbocycles. The van der Waals surface area contributed by atoms with Crippen molar-refractivity contribution in [1.82, 2.24) is 4.90 Å². The van der Waals surface area contributed by atoms with Crippen LogP contribution in [0.15, 0.2) is 42.5 Å². The Labute approximate surface area is 203 Å². The number of amides is 1. The molecule has 6 nitrogen and oxygen atoms in total. The van der Waals surface area contributed by atoms with Crippen LogP contribution in [-0.2, 0) is 22.4 Å². The van der Waals surface area contributed by atoms with Gasteiger partial charge in [0.1, 0.15) is 6.04 Å².